The average molecular weight is 482 g/mol. The van der Waals surface area contributed by atoms with Crippen LogP contribution in [0.1, 0.15) is 32.6 Å². The standard InChI is InChI=1S/C18H34N4O3.HI/c1-4-24-11-6-9-19-18(20-13-17(23)21(2)3)22-10-8-16-15(14-22)7-5-12-25-16;/h15-16H,4-14H2,1-3H3,(H,19,20);1H. The van der Waals surface area contributed by atoms with Crippen molar-refractivity contribution in [2.45, 2.75) is 38.7 Å². The number of aliphatic imine (C=N–C) groups is 1. The molecule has 2 heterocycles. The molecule has 2 aliphatic heterocycles. The molecule has 0 bridgehead atoms. The lowest BCUT2D eigenvalue weighted by molar-refractivity contribution is -0.127. The molecule has 0 radical (unpaired) electrons. The normalized spacial score (nSPS) is 23.0. The fraction of sp³-hybridized carbons (Fsp3) is 0.889. The molecule has 8 heteroatoms. The highest BCUT2D eigenvalue weighted by molar-refractivity contribution is 14.0. The molecular weight excluding hydrogens is 447 g/mol. The molecule has 2 unspecified atom stereocenters. The van der Waals surface area contributed by atoms with Gasteiger partial charge in [0.25, 0.3) is 0 Å². The van der Waals surface area contributed by atoms with E-state index in [-0.39, 0.29) is 36.4 Å². The number of ether oxygens (including phenoxy) is 2. The van der Waals surface area contributed by atoms with Crippen LogP contribution in [0.4, 0.5) is 0 Å². The molecular formula is C18H35IN4O3. The van der Waals surface area contributed by atoms with Crippen LogP contribution < -0.4 is 5.32 Å². The van der Waals surface area contributed by atoms with Crippen molar-refractivity contribution in [1.82, 2.24) is 15.1 Å². The molecule has 2 saturated heterocycles. The zero-order chi connectivity index (χ0) is 18.1. The Labute approximate surface area is 174 Å². The molecule has 2 aliphatic rings. The first-order valence-corrected chi connectivity index (χ1v) is 9.54. The quantitative estimate of drug-likeness (QED) is 0.258. The number of nitrogens with one attached hydrogen (secondary N) is 1. The molecule has 0 aliphatic carbocycles. The average Bonchev–Trinajstić information content (AvgIpc) is 2.63. The van der Waals surface area contributed by atoms with Crippen LogP contribution in [0.25, 0.3) is 0 Å². The highest BCUT2D eigenvalue weighted by Gasteiger charge is 2.33. The van der Waals surface area contributed by atoms with Crippen molar-refractivity contribution in [3.8, 4) is 0 Å². The number of likely N-dealkylation sites (N-methyl/N-ethyl adjacent to an activating group) is 1. The van der Waals surface area contributed by atoms with Crippen molar-refractivity contribution in [3.05, 3.63) is 0 Å². The maximum Gasteiger partial charge on any atom is 0.243 e. The number of rotatable bonds is 7. The SMILES string of the molecule is CCOCCCNC(=NCC(=O)N(C)C)N1CCC2OCCCC2C1.I. The molecule has 7 nitrogen and oxygen atoms in total. The summed E-state index contributed by atoms with van der Waals surface area (Å²) in [6.45, 7) is 7.25. The van der Waals surface area contributed by atoms with Crippen LogP contribution in [0, 0.1) is 5.92 Å². The Hall–Kier alpha value is -0.610. The highest BCUT2D eigenvalue weighted by Crippen LogP contribution is 2.28. The number of amides is 1. The summed E-state index contributed by atoms with van der Waals surface area (Å²) in [6, 6.07) is 0. The topological polar surface area (TPSA) is 66.4 Å². The Morgan fingerprint density at radius 3 is 2.92 bits per heavy atom. The number of hydrogen-bond acceptors (Lipinski definition) is 4. The van der Waals surface area contributed by atoms with Gasteiger partial charge < -0.3 is 24.6 Å². The largest absolute Gasteiger partial charge is 0.382 e. The first kappa shape index (κ1) is 23.4. The Kier molecular flexibility index (Phi) is 11.5. The maximum absolute atomic E-state index is 11.9. The molecule has 0 saturated carbocycles. The predicted octanol–water partition coefficient (Wildman–Crippen LogP) is 1.57. The summed E-state index contributed by atoms with van der Waals surface area (Å²) < 4.78 is 11.3. The third-order valence-electron chi connectivity index (χ3n) is 4.83. The third-order valence-corrected chi connectivity index (χ3v) is 4.83. The fourth-order valence-corrected chi connectivity index (χ4v) is 3.35. The van der Waals surface area contributed by atoms with E-state index in [2.05, 4.69) is 15.2 Å². The second kappa shape index (κ2) is 12.7. The van der Waals surface area contributed by atoms with Crippen LogP contribution in [0.15, 0.2) is 4.99 Å². The van der Waals surface area contributed by atoms with Crippen molar-refractivity contribution in [3.63, 3.8) is 0 Å². The highest BCUT2D eigenvalue weighted by atomic mass is 127. The number of halogens is 1. The Bertz CT molecular complexity index is 448. The lowest BCUT2D eigenvalue weighted by atomic mass is 9.88. The van der Waals surface area contributed by atoms with Crippen LogP contribution in [0.2, 0.25) is 0 Å². The predicted molar refractivity (Wildman–Crippen MR) is 114 cm³/mol. The van der Waals surface area contributed by atoms with Crippen LogP contribution >= 0.6 is 24.0 Å². The van der Waals surface area contributed by atoms with Crippen molar-refractivity contribution >= 4 is 35.8 Å². The molecule has 2 fully saturated rings. The minimum Gasteiger partial charge on any atom is -0.382 e. The number of guanidine groups is 1. The van der Waals surface area contributed by atoms with Gasteiger partial charge >= 0.3 is 0 Å². The van der Waals surface area contributed by atoms with E-state index < -0.39 is 0 Å². The fourth-order valence-electron chi connectivity index (χ4n) is 3.35. The second-order valence-electron chi connectivity index (χ2n) is 6.95. The van der Waals surface area contributed by atoms with Crippen molar-refractivity contribution < 1.29 is 14.3 Å². The maximum atomic E-state index is 11.9. The monoisotopic (exact) mass is 482 g/mol. The number of hydrogen-bond donors (Lipinski definition) is 1. The molecule has 0 spiro atoms. The van der Waals surface area contributed by atoms with Gasteiger partial charge in [0, 0.05) is 59.5 Å². The number of carbonyl (C=O) groups excluding carboxylic acids is 1. The lowest BCUT2D eigenvalue weighted by Gasteiger charge is -2.42. The van der Waals surface area contributed by atoms with E-state index in [0.29, 0.717) is 12.0 Å². The summed E-state index contributed by atoms with van der Waals surface area (Å²) in [6.07, 6.45) is 4.72. The Balaban J connectivity index is 0.00000338. The summed E-state index contributed by atoms with van der Waals surface area (Å²) in [5, 5.41) is 3.42. The second-order valence-corrected chi connectivity index (χ2v) is 6.95. The van der Waals surface area contributed by atoms with E-state index in [1.165, 1.54) is 6.42 Å². The minimum absolute atomic E-state index is 0. The molecule has 0 aromatic rings. The van der Waals surface area contributed by atoms with Gasteiger partial charge in [-0.05, 0) is 32.6 Å². The summed E-state index contributed by atoms with van der Waals surface area (Å²) in [5.74, 6) is 1.43. The summed E-state index contributed by atoms with van der Waals surface area (Å²) in [5.41, 5.74) is 0. The lowest BCUT2D eigenvalue weighted by Crippen LogP contribution is -2.52. The number of carbonyl (C=O) groups is 1. The molecule has 0 aromatic heterocycles. The van der Waals surface area contributed by atoms with Gasteiger partial charge in [-0.2, -0.15) is 0 Å². The van der Waals surface area contributed by atoms with Crippen LogP contribution in [0.3, 0.4) is 0 Å². The smallest absolute Gasteiger partial charge is 0.243 e. The first-order valence-electron chi connectivity index (χ1n) is 9.54. The molecule has 0 aromatic carbocycles. The van der Waals surface area contributed by atoms with Gasteiger partial charge in [-0.3, -0.25) is 4.79 Å². The van der Waals surface area contributed by atoms with E-state index >= 15 is 0 Å². The van der Waals surface area contributed by atoms with Gasteiger partial charge in [-0.15, -0.1) is 24.0 Å². The van der Waals surface area contributed by atoms with E-state index in [9.17, 15) is 4.79 Å². The molecule has 26 heavy (non-hydrogen) atoms. The third kappa shape index (κ3) is 7.56. The molecule has 152 valence electrons. The summed E-state index contributed by atoms with van der Waals surface area (Å²) >= 11 is 0. The van der Waals surface area contributed by atoms with E-state index in [1.807, 2.05) is 6.92 Å². The number of nitrogens with zero attached hydrogens (tertiary/aromatic N) is 3. The van der Waals surface area contributed by atoms with Gasteiger partial charge in [0.15, 0.2) is 5.96 Å². The summed E-state index contributed by atoms with van der Waals surface area (Å²) in [7, 11) is 3.52. The van der Waals surface area contributed by atoms with Gasteiger partial charge in [-0.1, -0.05) is 0 Å². The van der Waals surface area contributed by atoms with Crippen LogP contribution in [-0.2, 0) is 14.3 Å². The van der Waals surface area contributed by atoms with Gasteiger partial charge in [-0.25, -0.2) is 4.99 Å². The molecule has 2 rings (SSSR count). The van der Waals surface area contributed by atoms with E-state index in [0.717, 1.165) is 64.7 Å². The van der Waals surface area contributed by atoms with E-state index in [4.69, 9.17) is 9.47 Å². The van der Waals surface area contributed by atoms with Crippen LogP contribution in [0.5, 0.6) is 0 Å². The van der Waals surface area contributed by atoms with E-state index in [1.54, 1.807) is 19.0 Å². The van der Waals surface area contributed by atoms with Gasteiger partial charge in [0.05, 0.1) is 6.10 Å². The molecule has 1 amide bonds. The Morgan fingerprint density at radius 2 is 2.19 bits per heavy atom. The Morgan fingerprint density at radius 1 is 1.38 bits per heavy atom. The minimum atomic E-state index is 0. The summed E-state index contributed by atoms with van der Waals surface area (Å²) in [4.78, 5) is 20.4. The first-order chi connectivity index (χ1) is 12.1. The zero-order valence-electron chi connectivity index (χ0n) is 16.4. The van der Waals surface area contributed by atoms with Crippen LogP contribution in [-0.4, -0.2) is 87.9 Å². The van der Waals surface area contributed by atoms with Gasteiger partial charge in [0.1, 0.15) is 6.54 Å². The van der Waals surface area contributed by atoms with Crippen molar-refractivity contribution in [1.29, 1.82) is 0 Å². The molecule has 1 N–H and O–H groups in total. The van der Waals surface area contributed by atoms with Crippen molar-refractivity contribution in [2.75, 3.05) is 60.1 Å². The van der Waals surface area contributed by atoms with Gasteiger partial charge in [0.2, 0.25) is 5.91 Å². The number of likely N-dealkylation sites (tertiary alicyclic amines) is 1. The molecule has 2 atom stereocenters. The number of piperidine rings is 1. The number of fused-ring (bicyclic) bond motifs is 1. The zero-order valence-corrected chi connectivity index (χ0v) is 18.7. The van der Waals surface area contributed by atoms with Crippen molar-refractivity contribution in [2.24, 2.45) is 10.9 Å².